The molecule has 2 aromatic heterocycles. The predicted octanol–water partition coefficient (Wildman–Crippen LogP) is 5.85. The van der Waals surface area contributed by atoms with E-state index in [0.717, 1.165) is 33.5 Å². The number of allylic oxidation sites excluding steroid dienone is 1. The number of rotatable bonds is 3. The van der Waals surface area contributed by atoms with Crippen molar-refractivity contribution in [1.29, 1.82) is 5.26 Å². The SMILES string of the molecule is Cc1cc(/C=C(/C#N)c2cccc(F)c2)c(C)n1-c1ccc2ncccc2c1. The number of fused-ring (bicyclic) bond motifs is 1. The predicted molar refractivity (Wildman–Crippen MR) is 110 cm³/mol. The van der Waals surface area contributed by atoms with Gasteiger partial charge in [-0.25, -0.2) is 4.39 Å². The standard InChI is InChI=1S/C24H18FN3/c1-16-11-20(12-21(15-26)18-5-3-7-22(25)13-18)17(2)28(16)23-8-9-24-19(14-23)6-4-10-27-24/h3-14H,1-2H3/b21-12-. The lowest BCUT2D eigenvalue weighted by Gasteiger charge is -2.10. The van der Waals surface area contributed by atoms with Crippen LogP contribution in [0.2, 0.25) is 0 Å². The number of nitriles is 1. The Balaban J connectivity index is 1.81. The van der Waals surface area contributed by atoms with E-state index in [2.05, 4.69) is 21.7 Å². The van der Waals surface area contributed by atoms with E-state index in [9.17, 15) is 9.65 Å². The number of pyridine rings is 1. The Morgan fingerprint density at radius 2 is 1.93 bits per heavy atom. The lowest BCUT2D eigenvalue weighted by atomic mass is 10.0. The summed E-state index contributed by atoms with van der Waals surface area (Å²) in [4.78, 5) is 4.37. The van der Waals surface area contributed by atoms with Crippen LogP contribution in [0.5, 0.6) is 0 Å². The van der Waals surface area contributed by atoms with E-state index < -0.39 is 0 Å². The molecule has 3 nitrogen and oxygen atoms in total. The van der Waals surface area contributed by atoms with E-state index in [1.165, 1.54) is 12.1 Å². The maximum Gasteiger partial charge on any atom is 0.123 e. The zero-order valence-electron chi connectivity index (χ0n) is 15.6. The van der Waals surface area contributed by atoms with E-state index in [1.807, 2.05) is 50.3 Å². The normalized spacial score (nSPS) is 11.6. The molecule has 4 heteroatoms. The summed E-state index contributed by atoms with van der Waals surface area (Å²) in [5.41, 5.74) is 6.01. The van der Waals surface area contributed by atoms with Crippen LogP contribution < -0.4 is 0 Å². The Kier molecular flexibility index (Phi) is 4.50. The van der Waals surface area contributed by atoms with Crippen LogP contribution in [0.1, 0.15) is 22.5 Å². The van der Waals surface area contributed by atoms with Crippen molar-refractivity contribution in [3.8, 4) is 11.8 Å². The molecule has 0 bridgehead atoms. The second-order valence-corrected chi connectivity index (χ2v) is 6.72. The van der Waals surface area contributed by atoms with E-state index in [4.69, 9.17) is 0 Å². The zero-order chi connectivity index (χ0) is 19.7. The maximum atomic E-state index is 13.6. The van der Waals surface area contributed by atoms with E-state index >= 15 is 0 Å². The first-order chi connectivity index (χ1) is 13.6. The number of halogens is 1. The van der Waals surface area contributed by atoms with Crippen molar-refractivity contribution in [2.24, 2.45) is 0 Å². The summed E-state index contributed by atoms with van der Waals surface area (Å²) in [5, 5.41) is 10.7. The van der Waals surface area contributed by atoms with Crippen LogP contribution in [0, 0.1) is 31.0 Å². The van der Waals surface area contributed by atoms with Crippen LogP contribution >= 0.6 is 0 Å². The first-order valence-electron chi connectivity index (χ1n) is 8.98. The van der Waals surface area contributed by atoms with Crippen molar-refractivity contribution in [3.05, 3.63) is 95.2 Å². The van der Waals surface area contributed by atoms with E-state index in [-0.39, 0.29) is 5.82 Å². The van der Waals surface area contributed by atoms with Crippen LogP contribution in [0.3, 0.4) is 0 Å². The van der Waals surface area contributed by atoms with Crippen molar-refractivity contribution < 1.29 is 4.39 Å². The Morgan fingerprint density at radius 3 is 2.71 bits per heavy atom. The van der Waals surface area contributed by atoms with Gasteiger partial charge in [0.05, 0.1) is 17.2 Å². The van der Waals surface area contributed by atoms with Gasteiger partial charge < -0.3 is 4.57 Å². The van der Waals surface area contributed by atoms with Gasteiger partial charge >= 0.3 is 0 Å². The van der Waals surface area contributed by atoms with Crippen molar-refractivity contribution in [1.82, 2.24) is 9.55 Å². The number of aryl methyl sites for hydroxylation is 1. The highest BCUT2D eigenvalue weighted by molar-refractivity contribution is 5.90. The number of hydrogen-bond donors (Lipinski definition) is 0. The Labute approximate surface area is 163 Å². The fourth-order valence-corrected chi connectivity index (χ4v) is 3.52. The monoisotopic (exact) mass is 367 g/mol. The van der Waals surface area contributed by atoms with Crippen molar-refractivity contribution >= 4 is 22.6 Å². The number of aromatic nitrogens is 2. The fraction of sp³-hybridized carbons (Fsp3) is 0.0833. The van der Waals surface area contributed by atoms with Crippen LogP contribution in [-0.2, 0) is 0 Å². The Hall–Kier alpha value is -3.71. The molecule has 0 aliphatic heterocycles. The summed E-state index contributed by atoms with van der Waals surface area (Å²) in [6.07, 6.45) is 3.60. The summed E-state index contributed by atoms with van der Waals surface area (Å²) >= 11 is 0. The molecule has 0 saturated carbocycles. The van der Waals surface area contributed by atoms with Gasteiger partial charge in [-0.05, 0) is 73.5 Å². The summed E-state index contributed by atoms with van der Waals surface area (Å²) < 4.78 is 15.7. The molecule has 136 valence electrons. The molecule has 0 spiro atoms. The third kappa shape index (κ3) is 3.19. The molecule has 4 aromatic rings. The highest BCUT2D eigenvalue weighted by Gasteiger charge is 2.12. The summed E-state index contributed by atoms with van der Waals surface area (Å²) in [6, 6.07) is 20.5. The highest BCUT2D eigenvalue weighted by Crippen LogP contribution is 2.27. The average molecular weight is 367 g/mol. The van der Waals surface area contributed by atoms with Gasteiger partial charge in [-0.3, -0.25) is 4.98 Å². The molecule has 0 aliphatic carbocycles. The van der Waals surface area contributed by atoms with Gasteiger partial charge in [-0.15, -0.1) is 0 Å². The lowest BCUT2D eigenvalue weighted by Crippen LogP contribution is -1.99. The largest absolute Gasteiger partial charge is 0.318 e. The second-order valence-electron chi connectivity index (χ2n) is 6.72. The minimum Gasteiger partial charge on any atom is -0.318 e. The van der Waals surface area contributed by atoms with Crippen molar-refractivity contribution in [2.45, 2.75) is 13.8 Å². The number of nitrogens with zero attached hydrogens (tertiary/aromatic N) is 3. The molecule has 0 amide bonds. The van der Waals surface area contributed by atoms with Gasteiger partial charge in [-0.2, -0.15) is 5.26 Å². The van der Waals surface area contributed by atoms with Crippen molar-refractivity contribution in [2.75, 3.05) is 0 Å². The van der Waals surface area contributed by atoms with Crippen molar-refractivity contribution in [3.63, 3.8) is 0 Å². The molecule has 0 atom stereocenters. The molecule has 0 radical (unpaired) electrons. The molecular formula is C24H18FN3. The summed E-state index contributed by atoms with van der Waals surface area (Å²) in [6.45, 7) is 4.05. The maximum absolute atomic E-state index is 13.6. The first kappa shape index (κ1) is 17.7. The van der Waals surface area contributed by atoms with E-state index in [0.29, 0.717) is 11.1 Å². The minimum atomic E-state index is -0.353. The van der Waals surface area contributed by atoms with Gasteiger partial charge in [0.25, 0.3) is 0 Å². The van der Waals surface area contributed by atoms with Crippen LogP contribution in [0.4, 0.5) is 4.39 Å². The summed E-state index contributed by atoms with van der Waals surface area (Å²) in [7, 11) is 0. The topological polar surface area (TPSA) is 41.6 Å². The molecule has 0 N–H and O–H groups in total. The molecule has 0 fully saturated rings. The molecule has 28 heavy (non-hydrogen) atoms. The summed E-state index contributed by atoms with van der Waals surface area (Å²) in [5.74, 6) is -0.353. The number of hydrogen-bond acceptors (Lipinski definition) is 2. The molecule has 4 rings (SSSR count). The minimum absolute atomic E-state index is 0.353. The Morgan fingerprint density at radius 1 is 1.07 bits per heavy atom. The highest BCUT2D eigenvalue weighted by atomic mass is 19.1. The zero-order valence-corrected chi connectivity index (χ0v) is 15.6. The lowest BCUT2D eigenvalue weighted by molar-refractivity contribution is 0.627. The molecule has 0 unspecified atom stereocenters. The smallest absolute Gasteiger partial charge is 0.123 e. The Bertz CT molecular complexity index is 1260. The van der Waals surface area contributed by atoms with Crippen LogP contribution in [0.15, 0.2) is 66.9 Å². The number of benzene rings is 2. The van der Waals surface area contributed by atoms with Crippen LogP contribution in [0.25, 0.3) is 28.2 Å². The first-order valence-corrected chi connectivity index (χ1v) is 8.98. The molecule has 2 aromatic carbocycles. The van der Waals surface area contributed by atoms with Gasteiger partial charge in [0.15, 0.2) is 0 Å². The van der Waals surface area contributed by atoms with Crippen LogP contribution in [-0.4, -0.2) is 9.55 Å². The van der Waals surface area contributed by atoms with E-state index in [1.54, 1.807) is 18.3 Å². The second kappa shape index (κ2) is 7.13. The van der Waals surface area contributed by atoms with Gasteiger partial charge in [-0.1, -0.05) is 18.2 Å². The van der Waals surface area contributed by atoms with Gasteiger partial charge in [0, 0.05) is 28.7 Å². The van der Waals surface area contributed by atoms with Gasteiger partial charge in [0.2, 0.25) is 0 Å². The fourth-order valence-electron chi connectivity index (χ4n) is 3.52. The molecular weight excluding hydrogens is 349 g/mol. The third-order valence-corrected chi connectivity index (χ3v) is 4.87. The molecule has 0 aliphatic rings. The third-order valence-electron chi connectivity index (χ3n) is 4.87. The molecule has 0 saturated heterocycles. The van der Waals surface area contributed by atoms with Gasteiger partial charge in [0.1, 0.15) is 5.82 Å². The quantitative estimate of drug-likeness (QED) is 0.427. The average Bonchev–Trinajstić information content (AvgIpc) is 2.98. The molecule has 2 heterocycles.